The van der Waals surface area contributed by atoms with E-state index in [1.54, 1.807) is 0 Å². The summed E-state index contributed by atoms with van der Waals surface area (Å²) < 4.78 is 28.7. The van der Waals surface area contributed by atoms with Gasteiger partial charge in [0.05, 0.1) is 16.8 Å². The lowest BCUT2D eigenvalue weighted by molar-refractivity contribution is -0.121. The van der Waals surface area contributed by atoms with Crippen LogP contribution < -0.4 is 5.32 Å². The first kappa shape index (κ1) is 17.3. The van der Waals surface area contributed by atoms with Gasteiger partial charge in [0.15, 0.2) is 15.4 Å². The fourth-order valence-electron chi connectivity index (χ4n) is 2.69. The molecule has 2 heterocycles. The van der Waals surface area contributed by atoms with Crippen LogP contribution in [0.2, 0.25) is 0 Å². The third kappa shape index (κ3) is 3.92. The van der Waals surface area contributed by atoms with E-state index in [4.69, 9.17) is 4.42 Å². The first-order chi connectivity index (χ1) is 11.3. The number of nitrogens with one attached hydrogen (secondary N) is 1. The molecule has 8 heteroatoms. The summed E-state index contributed by atoms with van der Waals surface area (Å²) in [5, 5.41) is 2.92. The Morgan fingerprint density at radius 3 is 2.75 bits per heavy atom. The molecule has 24 heavy (non-hydrogen) atoms. The number of aromatic nitrogens is 1. The summed E-state index contributed by atoms with van der Waals surface area (Å²) in [5.41, 5.74) is 1.44. The van der Waals surface area contributed by atoms with E-state index in [1.807, 2.05) is 38.1 Å². The quantitative estimate of drug-likeness (QED) is 0.814. The predicted molar refractivity (Wildman–Crippen MR) is 93.7 cm³/mol. The average molecular weight is 368 g/mol. The van der Waals surface area contributed by atoms with Gasteiger partial charge in [-0.25, -0.2) is 13.4 Å². The second kappa shape index (κ2) is 6.76. The van der Waals surface area contributed by atoms with Crippen molar-refractivity contribution in [2.75, 3.05) is 11.5 Å². The highest BCUT2D eigenvalue weighted by molar-refractivity contribution is 8.00. The van der Waals surface area contributed by atoms with Crippen molar-refractivity contribution >= 4 is 38.6 Å². The number of fused-ring (bicyclic) bond motifs is 1. The molecule has 1 amide bonds. The molecule has 1 aromatic heterocycles. The number of para-hydroxylation sites is 2. The number of nitrogens with zero attached hydrogens (tertiary/aromatic N) is 1. The van der Waals surface area contributed by atoms with Crippen molar-refractivity contribution in [2.45, 2.75) is 36.8 Å². The monoisotopic (exact) mass is 368 g/mol. The number of carbonyl (C=O) groups is 1. The van der Waals surface area contributed by atoms with Crippen LogP contribution in [0, 0.1) is 5.92 Å². The van der Waals surface area contributed by atoms with Gasteiger partial charge in [0.1, 0.15) is 5.52 Å². The van der Waals surface area contributed by atoms with E-state index >= 15 is 0 Å². The number of benzene rings is 1. The van der Waals surface area contributed by atoms with Gasteiger partial charge in [-0.2, -0.15) is 0 Å². The fraction of sp³-hybridized carbons (Fsp3) is 0.500. The van der Waals surface area contributed by atoms with Gasteiger partial charge in [0, 0.05) is 6.04 Å². The van der Waals surface area contributed by atoms with Crippen molar-refractivity contribution in [3.8, 4) is 0 Å². The van der Waals surface area contributed by atoms with Crippen molar-refractivity contribution in [3.63, 3.8) is 0 Å². The largest absolute Gasteiger partial charge is 0.431 e. The summed E-state index contributed by atoms with van der Waals surface area (Å²) in [4.78, 5) is 17.0. The van der Waals surface area contributed by atoms with E-state index in [9.17, 15) is 13.2 Å². The van der Waals surface area contributed by atoms with Gasteiger partial charge in [-0.1, -0.05) is 37.7 Å². The summed E-state index contributed by atoms with van der Waals surface area (Å²) in [5.74, 6) is 0.0574. The Bertz CT molecular complexity index is 812. The molecule has 130 valence electrons. The van der Waals surface area contributed by atoms with Crippen LogP contribution in [0.3, 0.4) is 0 Å². The van der Waals surface area contributed by atoms with E-state index in [0.717, 1.165) is 5.52 Å². The minimum atomic E-state index is -3.02. The maximum atomic E-state index is 12.6. The number of amides is 1. The molecule has 2 aromatic rings. The Balaban J connectivity index is 1.71. The molecule has 3 rings (SSSR count). The zero-order valence-electron chi connectivity index (χ0n) is 13.6. The minimum Gasteiger partial charge on any atom is -0.431 e. The van der Waals surface area contributed by atoms with Crippen LogP contribution in [0.25, 0.3) is 11.1 Å². The van der Waals surface area contributed by atoms with E-state index in [2.05, 4.69) is 10.3 Å². The van der Waals surface area contributed by atoms with Crippen molar-refractivity contribution in [1.29, 1.82) is 0 Å². The van der Waals surface area contributed by atoms with Crippen LogP contribution in [-0.4, -0.2) is 42.1 Å². The minimum absolute atomic E-state index is 0.0249. The molecule has 6 nitrogen and oxygen atoms in total. The van der Waals surface area contributed by atoms with Gasteiger partial charge in [-0.15, -0.1) is 0 Å². The van der Waals surface area contributed by atoms with E-state index < -0.39 is 9.84 Å². The molecule has 1 aromatic carbocycles. The number of hydrogen-bond acceptors (Lipinski definition) is 6. The van der Waals surface area contributed by atoms with Crippen LogP contribution in [0.5, 0.6) is 0 Å². The number of rotatable bonds is 5. The van der Waals surface area contributed by atoms with Gasteiger partial charge < -0.3 is 9.73 Å². The van der Waals surface area contributed by atoms with Crippen LogP contribution >= 0.6 is 11.8 Å². The van der Waals surface area contributed by atoms with Crippen molar-refractivity contribution in [2.24, 2.45) is 5.92 Å². The molecule has 0 unspecified atom stereocenters. The Morgan fingerprint density at radius 2 is 2.12 bits per heavy atom. The topological polar surface area (TPSA) is 89.3 Å². The van der Waals surface area contributed by atoms with Gasteiger partial charge in [-0.05, 0) is 24.5 Å². The molecule has 1 aliphatic rings. The van der Waals surface area contributed by atoms with Gasteiger partial charge >= 0.3 is 0 Å². The standard InChI is InChI=1S/C16H20N2O4S2/c1-10(2)14(15(19)17-11-7-8-24(20,21)9-11)23-16-18-12-5-3-4-6-13(12)22-16/h3-6,10-11,14H,7-9H2,1-2H3,(H,17,19)/t11-,14+/m1/s1. The lowest BCUT2D eigenvalue weighted by atomic mass is 10.1. The SMILES string of the molecule is CC(C)[C@H](Sc1nc2ccccc2o1)C(=O)N[C@@H]1CCS(=O)(=O)C1. The van der Waals surface area contributed by atoms with Gasteiger partial charge in [0.25, 0.3) is 5.22 Å². The Labute approximate surface area is 145 Å². The van der Waals surface area contributed by atoms with Crippen LogP contribution in [0.4, 0.5) is 0 Å². The van der Waals surface area contributed by atoms with Crippen molar-refractivity contribution < 1.29 is 17.6 Å². The fourth-order valence-corrected chi connectivity index (χ4v) is 5.32. The highest BCUT2D eigenvalue weighted by atomic mass is 32.2. The molecule has 1 N–H and O–H groups in total. The Morgan fingerprint density at radius 1 is 1.38 bits per heavy atom. The van der Waals surface area contributed by atoms with E-state index in [0.29, 0.717) is 17.2 Å². The van der Waals surface area contributed by atoms with Crippen molar-refractivity contribution in [3.05, 3.63) is 24.3 Å². The molecule has 1 aliphatic heterocycles. The molecule has 0 aliphatic carbocycles. The smallest absolute Gasteiger partial charge is 0.257 e. The summed E-state index contributed by atoms with van der Waals surface area (Å²) >= 11 is 1.27. The highest BCUT2D eigenvalue weighted by Crippen LogP contribution is 2.30. The highest BCUT2D eigenvalue weighted by Gasteiger charge is 2.32. The predicted octanol–water partition coefficient (Wildman–Crippen LogP) is 2.25. The lowest BCUT2D eigenvalue weighted by Crippen LogP contribution is -2.42. The lowest BCUT2D eigenvalue weighted by Gasteiger charge is -2.20. The van der Waals surface area contributed by atoms with Crippen LogP contribution in [-0.2, 0) is 14.6 Å². The third-order valence-electron chi connectivity index (χ3n) is 3.94. The maximum absolute atomic E-state index is 12.6. The number of hydrogen-bond donors (Lipinski definition) is 1. The Hall–Kier alpha value is -1.54. The zero-order valence-corrected chi connectivity index (χ0v) is 15.2. The summed E-state index contributed by atoms with van der Waals surface area (Å²) in [6, 6.07) is 7.14. The third-order valence-corrected chi connectivity index (χ3v) is 7.10. The summed E-state index contributed by atoms with van der Waals surface area (Å²) in [6.07, 6.45) is 0.479. The Kier molecular flexibility index (Phi) is 4.87. The summed E-state index contributed by atoms with van der Waals surface area (Å²) in [6.45, 7) is 3.90. The zero-order chi connectivity index (χ0) is 17.3. The normalized spacial score (nSPS) is 21.2. The number of thioether (sulfide) groups is 1. The molecule has 1 fully saturated rings. The molecule has 0 bridgehead atoms. The second-order valence-corrected chi connectivity index (χ2v) is 9.66. The van der Waals surface area contributed by atoms with Gasteiger partial charge in [-0.3, -0.25) is 4.79 Å². The molecule has 0 radical (unpaired) electrons. The first-order valence-corrected chi connectivity index (χ1v) is 10.6. The number of sulfone groups is 1. The van der Waals surface area contributed by atoms with E-state index in [-0.39, 0.29) is 34.6 Å². The molecule has 0 spiro atoms. The molecule has 1 saturated heterocycles. The molecule has 2 atom stereocenters. The van der Waals surface area contributed by atoms with Crippen molar-refractivity contribution in [1.82, 2.24) is 10.3 Å². The van der Waals surface area contributed by atoms with Gasteiger partial charge in [0.2, 0.25) is 5.91 Å². The van der Waals surface area contributed by atoms with Crippen LogP contribution in [0.1, 0.15) is 20.3 Å². The maximum Gasteiger partial charge on any atom is 0.257 e. The second-order valence-electron chi connectivity index (χ2n) is 6.34. The van der Waals surface area contributed by atoms with Crippen LogP contribution in [0.15, 0.2) is 33.9 Å². The first-order valence-electron chi connectivity index (χ1n) is 7.87. The van der Waals surface area contributed by atoms with E-state index in [1.165, 1.54) is 11.8 Å². The summed E-state index contributed by atoms with van der Waals surface area (Å²) in [7, 11) is -3.02. The molecular weight excluding hydrogens is 348 g/mol. The number of oxazole rings is 1. The number of carbonyl (C=O) groups excluding carboxylic acids is 1. The molecule has 0 saturated carbocycles. The average Bonchev–Trinajstić information content (AvgIpc) is 3.06. The molecular formula is C16H20N2O4S2.